The molecule has 3 N–H and O–H groups in total. The van der Waals surface area contributed by atoms with Gasteiger partial charge in [0, 0.05) is 11.3 Å². The number of rotatable bonds is 4. The normalized spacial score (nSPS) is 27.5. The summed E-state index contributed by atoms with van der Waals surface area (Å²) in [6, 6.07) is 0. The van der Waals surface area contributed by atoms with Crippen molar-refractivity contribution in [3.63, 3.8) is 0 Å². The first-order valence-corrected chi connectivity index (χ1v) is 6.80. The highest BCUT2D eigenvalue weighted by Gasteiger charge is 2.31. The number of fused-ring (bicyclic) bond motifs is 3. The predicted molar refractivity (Wildman–Crippen MR) is 62.2 cm³/mol. The molecule has 0 spiro atoms. The second-order valence-corrected chi connectivity index (χ2v) is 5.53. The Bertz CT molecular complexity index is 162. The van der Waals surface area contributed by atoms with Crippen LogP contribution in [0.15, 0.2) is 0 Å². The summed E-state index contributed by atoms with van der Waals surface area (Å²) in [6.07, 6.45) is 0.594. The van der Waals surface area contributed by atoms with Gasteiger partial charge in [-0.05, 0) is 6.42 Å². The van der Waals surface area contributed by atoms with Gasteiger partial charge in [0.25, 0.3) is 0 Å². The highest BCUT2D eigenvalue weighted by atomic mass is 31.2. The van der Waals surface area contributed by atoms with E-state index in [1.807, 2.05) is 6.92 Å². The molecule has 0 atom stereocenters. The summed E-state index contributed by atoms with van der Waals surface area (Å²) < 4.78 is 15.3. The van der Waals surface area contributed by atoms with Crippen LogP contribution < -0.4 is 0 Å². The van der Waals surface area contributed by atoms with Crippen LogP contribution in [0.5, 0.6) is 0 Å². The highest BCUT2D eigenvalue weighted by molar-refractivity contribution is 7.41. The zero-order valence-electron chi connectivity index (χ0n) is 10.0. The van der Waals surface area contributed by atoms with E-state index >= 15 is 0 Å². The maximum absolute atomic E-state index is 8.66. The molecule has 0 radical (unpaired) electrons. The molecule has 0 saturated carbocycles. The Morgan fingerprint density at radius 1 is 1.00 bits per heavy atom. The largest absolute Gasteiger partial charge is 0.396 e. The number of aliphatic hydroxyl groups excluding tert-OH is 3. The van der Waals surface area contributed by atoms with Gasteiger partial charge in [-0.1, -0.05) is 6.92 Å². The van der Waals surface area contributed by atoms with Crippen molar-refractivity contribution in [2.75, 3.05) is 39.6 Å². The van der Waals surface area contributed by atoms with Crippen molar-refractivity contribution in [3.05, 3.63) is 0 Å². The van der Waals surface area contributed by atoms with Gasteiger partial charge in [0.1, 0.15) is 0 Å². The average Bonchev–Trinajstić information content (AvgIpc) is 2.45. The van der Waals surface area contributed by atoms with Crippen LogP contribution in [0.1, 0.15) is 13.3 Å². The van der Waals surface area contributed by atoms with Crippen molar-refractivity contribution >= 4 is 8.60 Å². The third-order valence-corrected chi connectivity index (χ3v) is 4.08. The SMILES string of the molecule is C1OP2OCC1CO2.CCC(CO)(CO)CO. The van der Waals surface area contributed by atoms with E-state index in [9.17, 15) is 0 Å². The van der Waals surface area contributed by atoms with Gasteiger partial charge in [-0.2, -0.15) is 0 Å². The maximum atomic E-state index is 8.66. The van der Waals surface area contributed by atoms with Gasteiger partial charge in [0.2, 0.25) is 0 Å². The highest BCUT2D eigenvalue weighted by Crippen LogP contribution is 2.48. The third kappa shape index (κ3) is 4.41. The molecule has 0 aromatic carbocycles. The summed E-state index contributed by atoms with van der Waals surface area (Å²) in [5, 5.41) is 26.0. The molecule has 2 bridgehead atoms. The monoisotopic (exact) mass is 268 g/mol. The summed E-state index contributed by atoms with van der Waals surface area (Å²) in [6.45, 7) is 3.87. The van der Waals surface area contributed by atoms with Crippen LogP contribution >= 0.6 is 8.60 Å². The van der Waals surface area contributed by atoms with Gasteiger partial charge < -0.3 is 28.9 Å². The van der Waals surface area contributed by atoms with E-state index in [4.69, 9.17) is 28.9 Å². The minimum atomic E-state index is -0.904. The molecule has 3 aliphatic heterocycles. The summed E-state index contributed by atoms with van der Waals surface area (Å²) in [5.74, 6) is 0.502. The molecule has 0 aromatic rings. The van der Waals surface area contributed by atoms with Crippen LogP contribution in [-0.2, 0) is 13.6 Å². The zero-order chi connectivity index (χ0) is 12.7. The zero-order valence-corrected chi connectivity index (χ0v) is 10.9. The molecule has 3 aliphatic rings. The van der Waals surface area contributed by atoms with E-state index in [0.29, 0.717) is 12.3 Å². The lowest BCUT2D eigenvalue weighted by Gasteiger charge is -2.33. The van der Waals surface area contributed by atoms with E-state index < -0.39 is 14.0 Å². The summed E-state index contributed by atoms with van der Waals surface area (Å²) in [5.41, 5.74) is -0.667. The predicted octanol–water partition coefficient (Wildman–Crippen LogP) is 0.266. The van der Waals surface area contributed by atoms with Crippen LogP contribution in [0, 0.1) is 11.3 Å². The average molecular weight is 268 g/mol. The van der Waals surface area contributed by atoms with Crippen LogP contribution in [0.2, 0.25) is 0 Å². The van der Waals surface area contributed by atoms with Crippen LogP contribution in [-0.4, -0.2) is 55.0 Å². The first-order chi connectivity index (χ1) is 8.19. The lowest BCUT2D eigenvalue weighted by atomic mass is 9.88. The van der Waals surface area contributed by atoms with E-state index in [0.717, 1.165) is 19.8 Å². The molecular formula is C10H21O6P. The molecule has 3 saturated heterocycles. The topological polar surface area (TPSA) is 88.4 Å². The van der Waals surface area contributed by atoms with Gasteiger partial charge >= 0.3 is 8.60 Å². The second-order valence-electron chi connectivity index (χ2n) is 4.30. The van der Waals surface area contributed by atoms with Crippen molar-refractivity contribution in [1.82, 2.24) is 0 Å². The Kier molecular flexibility index (Phi) is 6.80. The van der Waals surface area contributed by atoms with Crippen LogP contribution in [0.4, 0.5) is 0 Å². The molecule has 3 fully saturated rings. The van der Waals surface area contributed by atoms with Gasteiger partial charge in [-0.15, -0.1) is 0 Å². The Labute approximate surface area is 103 Å². The Morgan fingerprint density at radius 2 is 1.41 bits per heavy atom. The Hall–Kier alpha value is 0.190. The number of hydrogen-bond acceptors (Lipinski definition) is 6. The second kappa shape index (κ2) is 7.59. The van der Waals surface area contributed by atoms with Crippen molar-refractivity contribution in [3.8, 4) is 0 Å². The first kappa shape index (κ1) is 15.2. The molecule has 0 amide bonds. The molecule has 3 heterocycles. The molecule has 0 aliphatic carbocycles. The standard InChI is InChI=1S/C6H14O3.C4H7O3P/c1-2-6(3-7,4-8)5-9;1-4-2-6-8(5-1)7-3-4/h7-9H,2-5H2,1H3;4H,1-3H2. The number of aliphatic hydroxyl groups is 3. The minimum absolute atomic E-state index is 0.156. The maximum Gasteiger partial charge on any atom is 0.332 e. The van der Waals surface area contributed by atoms with Crippen molar-refractivity contribution in [1.29, 1.82) is 0 Å². The third-order valence-electron chi connectivity index (χ3n) is 3.00. The fourth-order valence-corrected chi connectivity index (χ4v) is 2.46. The molecule has 17 heavy (non-hydrogen) atoms. The number of hydrogen-bond donors (Lipinski definition) is 3. The fraction of sp³-hybridized carbons (Fsp3) is 1.00. The van der Waals surface area contributed by atoms with Gasteiger partial charge in [0.15, 0.2) is 0 Å². The lowest BCUT2D eigenvalue weighted by molar-refractivity contribution is -0.00250. The Morgan fingerprint density at radius 3 is 1.47 bits per heavy atom. The van der Waals surface area contributed by atoms with Gasteiger partial charge in [-0.3, -0.25) is 0 Å². The molecule has 0 unspecified atom stereocenters. The first-order valence-electron chi connectivity index (χ1n) is 5.71. The van der Waals surface area contributed by atoms with Gasteiger partial charge in [0.05, 0.1) is 39.6 Å². The van der Waals surface area contributed by atoms with E-state index in [-0.39, 0.29) is 19.8 Å². The molecule has 102 valence electrons. The fourth-order valence-electron chi connectivity index (χ4n) is 1.24. The lowest BCUT2D eigenvalue weighted by Crippen LogP contribution is -2.32. The van der Waals surface area contributed by atoms with E-state index in [1.165, 1.54) is 0 Å². The van der Waals surface area contributed by atoms with Crippen molar-refractivity contribution < 1.29 is 28.9 Å². The minimum Gasteiger partial charge on any atom is -0.396 e. The Balaban J connectivity index is 0.000000170. The van der Waals surface area contributed by atoms with E-state index in [1.54, 1.807) is 0 Å². The van der Waals surface area contributed by atoms with E-state index in [2.05, 4.69) is 0 Å². The molecule has 3 rings (SSSR count). The smallest absolute Gasteiger partial charge is 0.332 e. The molecule has 6 nitrogen and oxygen atoms in total. The summed E-state index contributed by atoms with van der Waals surface area (Å²) >= 11 is 0. The molecular weight excluding hydrogens is 247 g/mol. The van der Waals surface area contributed by atoms with Crippen molar-refractivity contribution in [2.24, 2.45) is 11.3 Å². The van der Waals surface area contributed by atoms with Gasteiger partial charge in [-0.25, -0.2) is 0 Å². The van der Waals surface area contributed by atoms with Crippen molar-refractivity contribution in [2.45, 2.75) is 13.3 Å². The quantitative estimate of drug-likeness (QED) is 0.634. The van der Waals surface area contributed by atoms with Crippen LogP contribution in [0.3, 0.4) is 0 Å². The van der Waals surface area contributed by atoms with Crippen LogP contribution in [0.25, 0.3) is 0 Å². The summed E-state index contributed by atoms with van der Waals surface area (Å²) in [4.78, 5) is 0. The summed E-state index contributed by atoms with van der Waals surface area (Å²) in [7, 11) is -0.904. The molecule has 0 aromatic heterocycles. The molecule has 7 heteroatoms.